The van der Waals surface area contributed by atoms with Gasteiger partial charge < -0.3 is 30.4 Å². The molecule has 0 bridgehead atoms. The summed E-state index contributed by atoms with van der Waals surface area (Å²) in [6, 6.07) is 12.7. The molecule has 6 rings (SSSR count). The van der Waals surface area contributed by atoms with E-state index in [4.69, 9.17) is 0 Å². The molecule has 4 amide bonds. The van der Waals surface area contributed by atoms with E-state index in [9.17, 15) is 24.0 Å². The number of nitrogens with zero attached hydrogens (tertiary/aromatic N) is 2. The van der Waals surface area contributed by atoms with E-state index in [1.54, 1.807) is 4.90 Å². The summed E-state index contributed by atoms with van der Waals surface area (Å²) in [5.74, 6) is -1.49. The van der Waals surface area contributed by atoms with Crippen molar-refractivity contribution in [1.82, 2.24) is 30.4 Å². The number of fused-ring (bicyclic) bond motifs is 3. The molecule has 0 aliphatic carbocycles. The van der Waals surface area contributed by atoms with Gasteiger partial charge in [0.25, 0.3) is 0 Å². The van der Waals surface area contributed by atoms with Crippen LogP contribution in [0.2, 0.25) is 0 Å². The van der Waals surface area contributed by atoms with Gasteiger partial charge >= 0.3 is 0 Å². The molecule has 2 aromatic heterocycles. The number of aromatic nitrogens is 2. The monoisotopic (exact) mass is 722 g/mol. The number of unbranched alkanes of at least 4 members (excludes halogenated alkanes) is 2. The highest BCUT2D eigenvalue weighted by Gasteiger charge is 2.41. The Hall–Kier alpha value is -4.93. The Balaban J connectivity index is 1.37. The van der Waals surface area contributed by atoms with Crippen LogP contribution in [0.5, 0.6) is 0 Å². The number of ketones is 1. The van der Waals surface area contributed by atoms with Crippen molar-refractivity contribution in [2.24, 2.45) is 13.0 Å². The van der Waals surface area contributed by atoms with Gasteiger partial charge in [0.1, 0.15) is 30.0 Å². The van der Waals surface area contributed by atoms with Gasteiger partial charge in [-0.3, -0.25) is 24.0 Å². The van der Waals surface area contributed by atoms with E-state index in [1.165, 1.54) is 0 Å². The van der Waals surface area contributed by atoms with Crippen LogP contribution in [0, 0.1) is 5.92 Å². The number of rotatable bonds is 12. The summed E-state index contributed by atoms with van der Waals surface area (Å²) < 4.78 is 2.07. The molecule has 0 saturated carbocycles. The predicted molar refractivity (Wildman–Crippen MR) is 207 cm³/mol. The number of benzene rings is 2. The molecule has 2 fully saturated rings. The molecule has 0 spiro atoms. The zero-order valence-electron chi connectivity index (χ0n) is 31.5. The molecule has 0 radical (unpaired) electrons. The Morgan fingerprint density at radius 2 is 1.66 bits per heavy atom. The van der Waals surface area contributed by atoms with Crippen LogP contribution in [0.25, 0.3) is 33.1 Å². The predicted octanol–water partition coefficient (Wildman–Crippen LogP) is 5.69. The summed E-state index contributed by atoms with van der Waals surface area (Å²) in [5.41, 5.74) is 4.67. The number of nitrogens with one attached hydrogen (secondary N) is 4. The maximum Gasteiger partial charge on any atom is 0.246 e. The van der Waals surface area contributed by atoms with Gasteiger partial charge in [-0.1, -0.05) is 64.3 Å². The highest BCUT2D eigenvalue weighted by molar-refractivity contribution is 5.99. The summed E-state index contributed by atoms with van der Waals surface area (Å²) in [5, 5.41) is 11.1. The van der Waals surface area contributed by atoms with Crippen LogP contribution in [0.4, 0.5) is 0 Å². The minimum absolute atomic E-state index is 0.150. The van der Waals surface area contributed by atoms with Crippen molar-refractivity contribution < 1.29 is 24.0 Å². The molecule has 11 heteroatoms. The number of Topliss-reactive ketones (excluding diaryl/α,β-unsaturated/α-hetero) is 1. The third-order valence-electron chi connectivity index (χ3n) is 11.4. The largest absolute Gasteiger partial charge is 0.354 e. The van der Waals surface area contributed by atoms with E-state index in [0.29, 0.717) is 51.5 Å². The first kappa shape index (κ1) is 37.8. The van der Waals surface area contributed by atoms with Crippen LogP contribution < -0.4 is 16.0 Å². The van der Waals surface area contributed by atoms with E-state index in [2.05, 4.69) is 49.8 Å². The standard InChI is InChI=1S/C42H54N6O5/c1-5-26(3)37-42(53)48-22-13-12-18-36(48)41(52)44-33(17-9-7-8-14-29(49)6-2)39(50)45-34(40(51)46-37)25-31-30-15-10-11-16-32(30)43-38(31)28-19-20-35-27(24-28)21-23-47(35)4/h10-11,15-16,19-21,23-24,26,33-34,36-37,43H,5-9,12-14,17-18,22,25H2,1-4H3,(H,44,52)(H,45,50)(H,46,51)/t26-,33-,34-,36+,37-/m0/s1. The van der Waals surface area contributed by atoms with Gasteiger partial charge in [0, 0.05) is 66.6 Å². The van der Waals surface area contributed by atoms with E-state index in [0.717, 1.165) is 57.9 Å². The number of hydrogen-bond acceptors (Lipinski definition) is 5. The fraction of sp³-hybridized carbons (Fsp3) is 0.500. The van der Waals surface area contributed by atoms with Gasteiger partial charge in [0.15, 0.2) is 0 Å². The number of hydrogen-bond donors (Lipinski definition) is 4. The highest BCUT2D eigenvalue weighted by Crippen LogP contribution is 2.33. The van der Waals surface area contributed by atoms with Gasteiger partial charge in [-0.25, -0.2) is 0 Å². The van der Waals surface area contributed by atoms with Crippen LogP contribution in [-0.4, -0.2) is 74.6 Å². The quantitative estimate of drug-likeness (QED) is 0.139. The first-order valence-electron chi connectivity index (χ1n) is 19.5. The van der Waals surface area contributed by atoms with Gasteiger partial charge in [0.2, 0.25) is 23.6 Å². The van der Waals surface area contributed by atoms with Gasteiger partial charge in [0.05, 0.1) is 0 Å². The average Bonchev–Trinajstić information content (AvgIpc) is 3.74. The normalized spacial score (nSPS) is 22.1. The van der Waals surface area contributed by atoms with Crippen LogP contribution in [0.1, 0.15) is 90.5 Å². The molecule has 5 atom stereocenters. The van der Waals surface area contributed by atoms with Crippen molar-refractivity contribution in [3.8, 4) is 11.3 Å². The van der Waals surface area contributed by atoms with Crippen molar-refractivity contribution in [2.45, 2.75) is 116 Å². The molecule has 2 saturated heterocycles. The molecule has 4 heterocycles. The average molecular weight is 723 g/mol. The second-order valence-electron chi connectivity index (χ2n) is 15.0. The zero-order valence-corrected chi connectivity index (χ0v) is 31.5. The number of aryl methyl sites for hydroxylation is 1. The molecule has 2 aliphatic rings. The molecule has 2 aliphatic heterocycles. The number of piperidine rings is 1. The number of para-hydroxylation sites is 1. The van der Waals surface area contributed by atoms with Gasteiger partial charge in [-0.2, -0.15) is 0 Å². The van der Waals surface area contributed by atoms with Crippen LogP contribution >= 0.6 is 0 Å². The van der Waals surface area contributed by atoms with E-state index < -0.39 is 36.0 Å². The number of H-pyrrole nitrogens is 1. The first-order valence-corrected chi connectivity index (χ1v) is 19.5. The number of carbonyl (C=O) groups excluding carboxylic acids is 5. The Labute approximate surface area is 311 Å². The molecule has 282 valence electrons. The van der Waals surface area contributed by atoms with Crippen LogP contribution in [0.3, 0.4) is 0 Å². The number of carbonyl (C=O) groups is 5. The highest BCUT2D eigenvalue weighted by atomic mass is 16.2. The summed E-state index contributed by atoms with van der Waals surface area (Å²) in [4.78, 5) is 74.2. The minimum atomic E-state index is -1.04. The van der Waals surface area contributed by atoms with Crippen LogP contribution in [-0.2, 0) is 37.4 Å². The van der Waals surface area contributed by atoms with E-state index >= 15 is 0 Å². The molecular formula is C42H54N6O5. The lowest BCUT2D eigenvalue weighted by Crippen LogP contribution is -2.64. The lowest BCUT2D eigenvalue weighted by Gasteiger charge is -2.39. The second-order valence-corrected chi connectivity index (χ2v) is 15.0. The van der Waals surface area contributed by atoms with Crippen LogP contribution in [0.15, 0.2) is 54.7 Å². The molecular weight excluding hydrogens is 668 g/mol. The minimum Gasteiger partial charge on any atom is -0.354 e. The van der Waals surface area contributed by atoms with Gasteiger partial charge in [-0.05, 0) is 73.4 Å². The number of amides is 4. The molecule has 53 heavy (non-hydrogen) atoms. The van der Waals surface area contributed by atoms with E-state index in [1.807, 2.05) is 58.3 Å². The van der Waals surface area contributed by atoms with Crippen molar-refractivity contribution in [3.63, 3.8) is 0 Å². The third kappa shape index (κ3) is 8.34. The van der Waals surface area contributed by atoms with Crippen molar-refractivity contribution in [2.75, 3.05) is 6.54 Å². The first-order chi connectivity index (χ1) is 25.6. The second kappa shape index (κ2) is 16.8. The molecule has 2 aromatic carbocycles. The number of aromatic amines is 1. The Kier molecular flexibility index (Phi) is 12.0. The fourth-order valence-electron chi connectivity index (χ4n) is 7.93. The Morgan fingerprint density at radius 3 is 2.45 bits per heavy atom. The molecule has 0 unspecified atom stereocenters. The topological polar surface area (TPSA) is 145 Å². The third-order valence-corrected chi connectivity index (χ3v) is 11.4. The maximum atomic E-state index is 14.5. The summed E-state index contributed by atoms with van der Waals surface area (Å²) in [6.07, 6.45) is 8.23. The Morgan fingerprint density at radius 1 is 0.887 bits per heavy atom. The van der Waals surface area contributed by atoms with E-state index in [-0.39, 0.29) is 29.9 Å². The molecule has 4 aromatic rings. The lowest BCUT2D eigenvalue weighted by molar-refractivity contribution is -0.147. The Bertz CT molecular complexity index is 1980. The fourth-order valence-corrected chi connectivity index (χ4v) is 7.93. The molecule has 11 nitrogen and oxygen atoms in total. The SMILES string of the molecule is CCC(=O)CCCCC[C@@H]1NC(=O)[C@H]2CCCCN2C(=O)[C@H]([C@@H](C)CC)NC(=O)[C@H](Cc2c(-c3ccc4c(ccn4C)c3)[nH]c3ccccc23)NC1=O. The zero-order chi connectivity index (χ0) is 37.6. The summed E-state index contributed by atoms with van der Waals surface area (Å²) in [6.45, 7) is 6.17. The molecule has 4 N–H and O–H groups in total. The smallest absolute Gasteiger partial charge is 0.246 e. The van der Waals surface area contributed by atoms with Crippen molar-refractivity contribution in [3.05, 3.63) is 60.3 Å². The summed E-state index contributed by atoms with van der Waals surface area (Å²) in [7, 11) is 2.01. The van der Waals surface area contributed by atoms with Gasteiger partial charge in [-0.15, -0.1) is 0 Å². The van der Waals surface area contributed by atoms with Crippen molar-refractivity contribution >= 4 is 51.2 Å². The lowest BCUT2D eigenvalue weighted by atomic mass is 9.92. The summed E-state index contributed by atoms with van der Waals surface area (Å²) >= 11 is 0. The maximum absolute atomic E-state index is 14.5. The van der Waals surface area contributed by atoms with Crippen molar-refractivity contribution in [1.29, 1.82) is 0 Å².